The Kier molecular flexibility index (Phi) is 3.09. The van der Waals surface area contributed by atoms with Crippen LogP contribution in [0.2, 0.25) is 0 Å². The van der Waals surface area contributed by atoms with Crippen LogP contribution >= 0.6 is 0 Å². The van der Waals surface area contributed by atoms with Gasteiger partial charge < -0.3 is 4.90 Å². The average Bonchev–Trinajstić information content (AvgIpc) is 2.17. The maximum atomic E-state index is 11.0. The van der Waals surface area contributed by atoms with Gasteiger partial charge in [0.05, 0.1) is 0 Å². The molecule has 0 bridgehead atoms. The molecule has 3 heteroatoms. The third kappa shape index (κ3) is 1.97. The highest BCUT2D eigenvalue weighted by Crippen LogP contribution is 2.21. The molecule has 0 aromatic carbocycles. The van der Waals surface area contributed by atoms with Gasteiger partial charge in [-0.25, -0.2) is 0 Å². The molecule has 0 aromatic rings. The second-order valence-corrected chi connectivity index (χ2v) is 3.32. The first-order valence-corrected chi connectivity index (χ1v) is 4.42. The van der Waals surface area contributed by atoms with Crippen molar-refractivity contribution in [3.63, 3.8) is 0 Å². The molecule has 66 valence electrons. The lowest BCUT2D eigenvalue weighted by Gasteiger charge is -2.29. The van der Waals surface area contributed by atoms with Crippen LogP contribution in [-0.2, 0) is 4.79 Å². The highest BCUT2D eigenvalue weighted by atomic mass is 16.2. The van der Waals surface area contributed by atoms with Crippen LogP contribution < -0.4 is 0 Å². The summed E-state index contributed by atoms with van der Waals surface area (Å²) in [5, 5.41) is 8.39. The molecule has 3 nitrogen and oxygen atoms in total. The number of amides is 1. The Morgan fingerprint density at radius 2 is 2.00 bits per heavy atom. The van der Waals surface area contributed by atoms with Gasteiger partial charge in [0, 0.05) is 13.1 Å². The Morgan fingerprint density at radius 1 is 1.42 bits per heavy atom. The molecule has 0 heterocycles. The minimum absolute atomic E-state index is 0.311. The Labute approximate surface area is 73.0 Å². The predicted octanol–water partition coefficient (Wildman–Crippen LogP) is 1.30. The second-order valence-electron chi connectivity index (χ2n) is 3.32. The molecule has 1 saturated carbocycles. The molecule has 1 amide bonds. The summed E-state index contributed by atoms with van der Waals surface area (Å²) in [5.74, 6) is -0.401. The summed E-state index contributed by atoms with van der Waals surface area (Å²) in [6.07, 6.45) is 5.76. The van der Waals surface area contributed by atoms with Crippen LogP contribution in [0.25, 0.3) is 0 Å². The third-order valence-electron chi connectivity index (χ3n) is 2.54. The van der Waals surface area contributed by atoms with Crippen molar-refractivity contribution in [2.45, 2.75) is 38.1 Å². The van der Waals surface area contributed by atoms with Crippen molar-refractivity contribution in [3.05, 3.63) is 0 Å². The molecular formula is C9H14N2O. The van der Waals surface area contributed by atoms with Gasteiger partial charge in [-0.15, -0.1) is 0 Å². The van der Waals surface area contributed by atoms with Gasteiger partial charge in [-0.1, -0.05) is 19.3 Å². The minimum atomic E-state index is -0.401. The van der Waals surface area contributed by atoms with Crippen molar-refractivity contribution in [1.82, 2.24) is 4.90 Å². The molecule has 0 saturated heterocycles. The molecular weight excluding hydrogens is 152 g/mol. The molecule has 1 aliphatic carbocycles. The fraction of sp³-hybridized carbons (Fsp3) is 0.778. The van der Waals surface area contributed by atoms with E-state index in [1.807, 2.05) is 0 Å². The van der Waals surface area contributed by atoms with E-state index in [0.29, 0.717) is 6.04 Å². The second kappa shape index (κ2) is 4.10. The van der Waals surface area contributed by atoms with E-state index in [1.165, 1.54) is 19.3 Å². The number of rotatable bonds is 1. The van der Waals surface area contributed by atoms with Gasteiger partial charge in [0.15, 0.2) is 6.07 Å². The predicted molar refractivity (Wildman–Crippen MR) is 45.3 cm³/mol. The molecule has 0 radical (unpaired) electrons. The Hall–Kier alpha value is -1.04. The van der Waals surface area contributed by atoms with Crippen molar-refractivity contribution in [3.8, 4) is 6.07 Å². The zero-order valence-electron chi connectivity index (χ0n) is 7.42. The monoisotopic (exact) mass is 166 g/mol. The van der Waals surface area contributed by atoms with Gasteiger partial charge in [-0.3, -0.25) is 4.79 Å². The number of nitriles is 1. The molecule has 0 N–H and O–H groups in total. The van der Waals surface area contributed by atoms with Gasteiger partial charge in [0.2, 0.25) is 0 Å². The Morgan fingerprint density at radius 3 is 2.50 bits per heavy atom. The normalized spacial score (nSPS) is 18.3. The fourth-order valence-corrected chi connectivity index (χ4v) is 1.71. The Balaban J connectivity index is 2.45. The number of hydrogen-bond acceptors (Lipinski definition) is 2. The van der Waals surface area contributed by atoms with Crippen LogP contribution in [0, 0.1) is 11.3 Å². The Bertz CT molecular complexity index is 201. The molecule has 0 atom stereocenters. The maximum Gasteiger partial charge on any atom is 0.324 e. The van der Waals surface area contributed by atoms with Gasteiger partial charge in [-0.2, -0.15) is 5.26 Å². The van der Waals surface area contributed by atoms with Crippen LogP contribution in [0.15, 0.2) is 0 Å². The summed E-state index contributed by atoms with van der Waals surface area (Å²) in [7, 11) is 1.72. The number of carbonyl (C=O) groups excluding carboxylic acids is 1. The molecule has 0 spiro atoms. The fourth-order valence-electron chi connectivity index (χ4n) is 1.71. The van der Waals surface area contributed by atoms with E-state index in [1.54, 1.807) is 18.0 Å². The van der Waals surface area contributed by atoms with Crippen LogP contribution in [0.5, 0.6) is 0 Å². The molecule has 12 heavy (non-hydrogen) atoms. The summed E-state index contributed by atoms with van der Waals surface area (Å²) in [6, 6.07) is 1.96. The van der Waals surface area contributed by atoms with Crippen LogP contribution in [-0.4, -0.2) is 23.9 Å². The van der Waals surface area contributed by atoms with E-state index in [9.17, 15) is 4.79 Å². The van der Waals surface area contributed by atoms with Gasteiger partial charge in [-0.05, 0) is 12.8 Å². The molecule has 0 unspecified atom stereocenters. The largest absolute Gasteiger partial charge is 0.330 e. The third-order valence-corrected chi connectivity index (χ3v) is 2.54. The van der Waals surface area contributed by atoms with Gasteiger partial charge >= 0.3 is 5.91 Å². The molecule has 1 fully saturated rings. The summed E-state index contributed by atoms with van der Waals surface area (Å²) in [6.45, 7) is 0. The average molecular weight is 166 g/mol. The van der Waals surface area contributed by atoms with E-state index in [-0.39, 0.29) is 0 Å². The number of hydrogen-bond donors (Lipinski definition) is 0. The quantitative estimate of drug-likeness (QED) is 0.551. The van der Waals surface area contributed by atoms with Crippen molar-refractivity contribution in [1.29, 1.82) is 5.26 Å². The molecule has 1 aliphatic rings. The molecule has 1 rings (SSSR count). The van der Waals surface area contributed by atoms with Crippen LogP contribution in [0.4, 0.5) is 0 Å². The molecule has 0 aliphatic heterocycles. The summed E-state index contributed by atoms with van der Waals surface area (Å²) in [4.78, 5) is 12.6. The SMILES string of the molecule is CN(C(=O)C#N)C1CCCCC1. The van der Waals surface area contributed by atoms with E-state index < -0.39 is 5.91 Å². The van der Waals surface area contributed by atoms with Crippen LogP contribution in [0.3, 0.4) is 0 Å². The first kappa shape index (κ1) is 9.05. The summed E-state index contributed by atoms with van der Waals surface area (Å²) >= 11 is 0. The van der Waals surface area contributed by atoms with Gasteiger partial charge in [0.1, 0.15) is 0 Å². The highest BCUT2D eigenvalue weighted by Gasteiger charge is 2.21. The lowest BCUT2D eigenvalue weighted by molar-refractivity contribution is -0.126. The lowest BCUT2D eigenvalue weighted by atomic mass is 9.94. The maximum absolute atomic E-state index is 11.0. The smallest absolute Gasteiger partial charge is 0.324 e. The van der Waals surface area contributed by atoms with Crippen LogP contribution in [0.1, 0.15) is 32.1 Å². The van der Waals surface area contributed by atoms with E-state index >= 15 is 0 Å². The van der Waals surface area contributed by atoms with Crippen molar-refractivity contribution < 1.29 is 4.79 Å². The van der Waals surface area contributed by atoms with E-state index in [4.69, 9.17) is 5.26 Å². The number of carbonyl (C=O) groups is 1. The summed E-state index contributed by atoms with van der Waals surface area (Å²) in [5.41, 5.74) is 0. The first-order chi connectivity index (χ1) is 5.75. The molecule has 0 aromatic heterocycles. The number of nitrogens with zero attached hydrogens (tertiary/aromatic N) is 2. The van der Waals surface area contributed by atoms with Crippen molar-refractivity contribution in [2.24, 2.45) is 0 Å². The lowest BCUT2D eigenvalue weighted by Crippen LogP contribution is -2.37. The minimum Gasteiger partial charge on any atom is -0.330 e. The first-order valence-electron chi connectivity index (χ1n) is 4.42. The van der Waals surface area contributed by atoms with Gasteiger partial charge in [0.25, 0.3) is 0 Å². The van der Waals surface area contributed by atoms with Crippen molar-refractivity contribution >= 4 is 5.91 Å². The zero-order valence-corrected chi connectivity index (χ0v) is 7.42. The summed E-state index contributed by atoms with van der Waals surface area (Å²) < 4.78 is 0. The standard InChI is InChI=1S/C9H14N2O/c1-11(9(12)7-10)8-5-3-2-4-6-8/h8H,2-6H2,1H3. The van der Waals surface area contributed by atoms with Crippen molar-refractivity contribution in [2.75, 3.05) is 7.05 Å². The van der Waals surface area contributed by atoms with E-state index in [0.717, 1.165) is 12.8 Å². The zero-order chi connectivity index (χ0) is 8.97. The van der Waals surface area contributed by atoms with E-state index in [2.05, 4.69) is 0 Å². The topological polar surface area (TPSA) is 44.1 Å². The highest BCUT2D eigenvalue weighted by molar-refractivity contribution is 5.91.